The normalized spacial score (nSPS) is 13.2. The first-order valence-electron chi connectivity index (χ1n) is 11.9. The molecule has 1 heterocycles. The van der Waals surface area contributed by atoms with E-state index in [-0.39, 0.29) is 30.9 Å². The van der Waals surface area contributed by atoms with Crippen LogP contribution < -0.4 is 0 Å². The van der Waals surface area contributed by atoms with Crippen LogP contribution >= 0.6 is 11.6 Å². The molecule has 0 saturated heterocycles. The molecule has 5 rings (SSSR count). The quantitative estimate of drug-likeness (QED) is 0.242. The Balaban J connectivity index is 1.47. The number of hydrogen-bond donors (Lipinski definition) is 0. The maximum Gasteiger partial charge on any atom is 0.137 e. The smallest absolute Gasteiger partial charge is 0.137 e. The van der Waals surface area contributed by atoms with Crippen molar-refractivity contribution in [2.24, 2.45) is 0 Å². The molecule has 1 atom stereocenters. The van der Waals surface area contributed by atoms with E-state index in [1.54, 1.807) is 24.4 Å². The van der Waals surface area contributed by atoms with Crippen molar-refractivity contribution in [2.45, 2.75) is 31.6 Å². The van der Waals surface area contributed by atoms with Crippen molar-refractivity contribution in [3.8, 4) is 11.1 Å². The van der Waals surface area contributed by atoms with E-state index in [4.69, 9.17) is 11.6 Å². The lowest BCUT2D eigenvalue weighted by atomic mass is 9.86. The molecule has 3 nitrogen and oxygen atoms in total. The van der Waals surface area contributed by atoms with Crippen LogP contribution in [0.5, 0.6) is 0 Å². The maximum atomic E-state index is 14.0. The lowest BCUT2D eigenvalue weighted by Crippen LogP contribution is -2.13. The zero-order valence-corrected chi connectivity index (χ0v) is 20.5. The number of nitrogens with zero attached hydrogens (tertiary/aromatic N) is 2. The Hall–Kier alpha value is -3.77. The molecule has 0 amide bonds. The number of carbonyl (C=O) groups excluding carboxylic acids is 1. The van der Waals surface area contributed by atoms with Crippen molar-refractivity contribution in [2.75, 3.05) is 0 Å². The summed E-state index contributed by atoms with van der Waals surface area (Å²) in [7, 11) is 0. The summed E-state index contributed by atoms with van der Waals surface area (Å²) >= 11 is 6.06. The highest BCUT2D eigenvalue weighted by Gasteiger charge is 2.25. The molecule has 0 fully saturated rings. The molecule has 0 spiro atoms. The second-order valence-electron chi connectivity index (χ2n) is 9.16. The van der Waals surface area contributed by atoms with E-state index >= 15 is 0 Å². The molecule has 0 radical (unpaired) electrons. The van der Waals surface area contributed by atoms with Gasteiger partial charge in [-0.05, 0) is 77.1 Å². The van der Waals surface area contributed by atoms with Gasteiger partial charge in [0.15, 0.2) is 0 Å². The Morgan fingerprint density at radius 1 is 0.919 bits per heavy atom. The summed E-state index contributed by atoms with van der Waals surface area (Å²) in [5.41, 5.74) is 5.06. The Bertz CT molecular complexity index is 1480. The third-order valence-corrected chi connectivity index (χ3v) is 6.79. The fourth-order valence-corrected chi connectivity index (χ4v) is 5.02. The maximum absolute atomic E-state index is 14.0. The van der Waals surface area contributed by atoms with Crippen LogP contribution in [0.1, 0.15) is 41.1 Å². The second-order valence-corrected chi connectivity index (χ2v) is 9.60. The standard InChI is InChI=1S/C30H22ClF3N2O/c31-23-6-3-20(4-7-23)29-16-35-17-36-30(29)22(9-18-10-25(33)14-26(34)11-18)13-27(37)12-21-2-1-19-5-8-24(32)15-28(19)21/h2-8,10-11,14-17,22H,1,9,12-13H2/t22-/m1/s1. The fraction of sp³-hybridized carbons (Fsp3) is 0.167. The lowest BCUT2D eigenvalue weighted by Gasteiger charge is -2.20. The van der Waals surface area contributed by atoms with Gasteiger partial charge in [-0.15, -0.1) is 0 Å². The van der Waals surface area contributed by atoms with Crippen molar-refractivity contribution in [1.82, 2.24) is 9.97 Å². The number of aromatic nitrogens is 2. The monoisotopic (exact) mass is 518 g/mol. The average Bonchev–Trinajstić information content (AvgIpc) is 3.25. The third-order valence-electron chi connectivity index (χ3n) is 6.54. The molecule has 7 heteroatoms. The molecule has 0 N–H and O–H groups in total. The number of allylic oxidation sites excluding steroid dienone is 2. The first-order valence-corrected chi connectivity index (χ1v) is 12.2. The first kappa shape index (κ1) is 24.9. The van der Waals surface area contributed by atoms with Crippen LogP contribution in [-0.2, 0) is 17.6 Å². The van der Waals surface area contributed by atoms with E-state index in [9.17, 15) is 18.0 Å². The van der Waals surface area contributed by atoms with E-state index in [1.807, 2.05) is 18.2 Å². The van der Waals surface area contributed by atoms with Crippen LogP contribution in [0.3, 0.4) is 0 Å². The summed E-state index contributed by atoms with van der Waals surface area (Å²) in [6, 6.07) is 15.1. The van der Waals surface area contributed by atoms with Crippen molar-refractivity contribution in [3.05, 3.63) is 124 Å². The third kappa shape index (κ3) is 5.81. The van der Waals surface area contributed by atoms with Crippen LogP contribution in [0, 0.1) is 17.5 Å². The Labute approximate surface area is 217 Å². The van der Waals surface area contributed by atoms with E-state index in [0.717, 1.165) is 28.3 Å². The van der Waals surface area contributed by atoms with E-state index < -0.39 is 17.6 Å². The molecule has 0 unspecified atom stereocenters. The van der Waals surface area contributed by atoms with E-state index in [0.29, 0.717) is 28.3 Å². The molecule has 186 valence electrons. The zero-order valence-electron chi connectivity index (χ0n) is 19.7. The number of ketones is 1. The second kappa shape index (κ2) is 10.7. The van der Waals surface area contributed by atoms with Crippen molar-refractivity contribution >= 4 is 23.0 Å². The lowest BCUT2D eigenvalue weighted by molar-refractivity contribution is -0.118. The van der Waals surface area contributed by atoms with Gasteiger partial charge in [-0.25, -0.2) is 23.1 Å². The van der Waals surface area contributed by atoms with Gasteiger partial charge < -0.3 is 0 Å². The molecule has 0 saturated carbocycles. The summed E-state index contributed by atoms with van der Waals surface area (Å²) in [5.74, 6) is -2.27. The summed E-state index contributed by atoms with van der Waals surface area (Å²) in [6.45, 7) is 0. The number of fused-ring (bicyclic) bond motifs is 1. The van der Waals surface area contributed by atoms with Crippen LogP contribution in [0.25, 0.3) is 16.7 Å². The van der Waals surface area contributed by atoms with Crippen molar-refractivity contribution in [1.29, 1.82) is 0 Å². The van der Waals surface area contributed by atoms with Crippen molar-refractivity contribution < 1.29 is 18.0 Å². The van der Waals surface area contributed by atoms with E-state index in [1.165, 1.54) is 30.6 Å². The fourth-order valence-electron chi connectivity index (χ4n) is 4.89. The van der Waals surface area contributed by atoms with Gasteiger partial charge in [0.1, 0.15) is 29.6 Å². The topological polar surface area (TPSA) is 42.9 Å². The van der Waals surface area contributed by atoms with Gasteiger partial charge in [0, 0.05) is 41.6 Å². The minimum atomic E-state index is -0.685. The van der Waals surface area contributed by atoms with Crippen LogP contribution in [0.4, 0.5) is 13.2 Å². The molecule has 37 heavy (non-hydrogen) atoms. The molecule has 0 bridgehead atoms. The summed E-state index contributed by atoms with van der Waals surface area (Å²) in [4.78, 5) is 22.0. The van der Waals surface area contributed by atoms with Gasteiger partial charge in [-0.1, -0.05) is 35.9 Å². The van der Waals surface area contributed by atoms with Gasteiger partial charge in [0.2, 0.25) is 0 Å². The number of carbonyl (C=O) groups is 1. The highest BCUT2D eigenvalue weighted by Crippen LogP contribution is 2.35. The van der Waals surface area contributed by atoms with Gasteiger partial charge in [-0.2, -0.15) is 0 Å². The molecular formula is C30H22ClF3N2O. The SMILES string of the molecule is O=C(CC1=CCc2ccc(F)cc21)C[C@@H](Cc1cc(F)cc(F)c1)c1ncncc1-c1ccc(Cl)cc1. The number of Topliss-reactive ketones (excluding diaryl/α,β-unsaturated/α-hetero) is 1. The van der Waals surface area contributed by atoms with Gasteiger partial charge in [-0.3, -0.25) is 4.79 Å². The highest BCUT2D eigenvalue weighted by atomic mass is 35.5. The van der Waals surface area contributed by atoms with E-state index in [2.05, 4.69) is 9.97 Å². The summed E-state index contributed by atoms with van der Waals surface area (Å²) in [5, 5.41) is 0.575. The van der Waals surface area contributed by atoms with Gasteiger partial charge in [0.25, 0.3) is 0 Å². The summed E-state index contributed by atoms with van der Waals surface area (Å²) in [6.07, 6.45) is 6.07. The van der Waals surface area contributed by atoms with Gasteiger partial charge in [0.05, 0.1) is 5.69 Å². The molecule has 0 aliphatic heterocycles. The summed E-state index contributed by atoms with van der Waals surface area (Å²) < 4.78 is 41.8. The Morgan fingerprint density at radius 2 is 1.68 bits per heavy atom. The average molecular weight is 519 g/mol. The minimum absolute atomic E-state index is 0.0779. The largest absolute Gasteiger partial charge is 0.299 e. The molecule has 1 aliphatic carbocycles. The Kier molecular flexibility index (Phi) is 7.19. The Morgan fingerprint density at radius 3 is 2.43 bits per heavy atom. The number of rotatable bonds is 8. The minimum Gasteiger partial charge on any atom is -0.299 e. The van der Waals surface area contributed by atoms with Crippen LogP contribution in [-0.4, -0.2) is 15.8 Å². The number of halogens is 4. The number of hydrogen-bond acceptors (Lipinski definition) is 3. The molecule has 1 aliphatic rings. The highest BCUT2D eigenvalue weighted by molar-refractivity contribution is 6.30. The molecule has 4 aromatic rings. The first-order chi connectivity index (χ1) is 17.9. The van der Waals surface area contributed by atoms with Crippen LogP contribution in [0.2, 0.25) is 5.02 Å². The zero-order chi connectivity index (χ0) is 25.9. The molecule has 3 aromatic carbocycles. The predicted octanol–water partition coefficient (Wildman–Crippen LogP) is 7.53. The molecular weight excluding hydrogens is 497 g/mol. The molecule has 1 aromatic heterocycles. The van der Waals surface area contributed by atoms with Crippen molar-refractivity contribution in [3.63, 3.8) is 0 Å². The van der Waals surface area contributed by atoms with Crippen LogP contribution in [0.15, 0.2) is 79.3 Å². The predicted molar refractivity (Wildman–Crippen MR) is 138 cm³/mol. The van der Waals surface area contributed by atoms with Gasteiger partial charge >= 0.3 is 0 Å². The number of benzene rings is 3.